The molecule has 1 aliphatic rings. The van der Waals surface area contributed by atoms with Crippen LogP contribution in [0, 0.1) is 0 Å². The van der Waals surface area contributed by atoms with Gasteiger partial charge in [0.25, 0.3) is 0 Å². The minimum Gasteiger partial charge on any atom is -0.493 e. The second-order valence-corrected chi connectivity index (χ2v) is 7.29. The van der Waals surface area contributed by atoms with E-state index < -0.39 is 0 Å². The van der Waals surface area contributed by atoms with Gasteiger partial charge in [0.1, 0.15) is 0 Å². The fourth-order valence-electron chi connectivity index (χ4n) is 4.43. The Morgan fingerprint density at radius 3 is 1.10 bits per heavy atom. The minimum atomic E-state index is -0.0874. The zero-order chi connectivity index (χ0) is 21.8. The quantitative estimate of drug-likeness (QED) is 0.701. The van der Waals surface area contributed by atoms with Crippen LogP contribution >= 0.6 is 0 Å². The Hall–Kier alpha value is -2.80. The standard InChI is InChI=1S/C23H31NO6/c1-25-17-9-13(10-18(26-2)22(17)29-5)15-7-8-16(21(15)24)14-11-19(27-3)23(30-6)20(12-14)28-4/h9-12,15-16,21H,7-8,24H2,1-6H3. The SMILES string of the molecule is COc1cc(C2CCC(c3cc(OC)c(OC)c(OC)c3)C2N)cc(OC)c1OC. The molecular formula is C23H31NO6. The summed E-state index contributed by atoms with van der Waals surface area (Å²) in [5.41, 5.74) is 8.92. The highest BCUT2D eigenvalue weighted by molar-refractivity contribution is 5.56. The Kier molecular flexibility index (Phi) is 6.82. The number of hydrogen-bond donors (Lipinski definition) is 1. The highest BCUT2D eigenvalue weighted by Gasteiger charge is 2.37. The van der Waals surface area contributed by atoms with Crippen LogP contribution in [0.3, 0.4) is 0 Å². The second kappa shape index (κ2) is 9.34. The molecule has 0 spiro atoms. The first-order chi connectivity index (χ1) is 14.5. The molecule has 7 heteroatoms. The van der Waals surface area contributed by atoms with Gasteiger partial charge < -0.3 is 34.2 Å². The summed E-state index contributed by atoms with van der Waals surface area (Å²) in [6.45, 7) is 0. The summed E-state index contributed by atoms with van der Waals surface area (Å²) in [6.07, 6.45) is 1.89. The molecule has 0 aromatic heterocycles. The molecule has 1 saturated carbocycles. The number of rotatable bonds is 8. The topological polar surface area (TPSA) is 81.4 Å². The predicted octanol–water partition coefficient (Wildman–Crippen LogP) is 3.73. The highest BCUT2D eigenvalue weighted by Crippen LogP contribution is 2.49. The van der Waals surface area contributed by atoms with Crippen molar-refractivity contribution in [3.05, 3.63) is 35.4 Å². The Bertz CT molecular complexity index is 762. The Labute approximate surface area is 178 Å². The summed E-state index contributed by atoms with van der Waals surface area (Å²) in [5, 5.41) is 0. The molecule has 2 atom stereocenters. The zero-order valence-electron chi connectivity index (χ0n) is 18.5. The number of benzene rings is 2. The largest absolute Gasteiger partial charge is 0.493 e. The number of hydrogen-bond acceptors (Lipinski definition) is 7. The van der Waals surface area contributed by atoms with Crippen molar-refractivity contribution in [3.8, 4) is 34.5 Å². The smallest absolute Gasteiger partial charge is 0.203 e. The van der Waals surface area contributed by atoms with Crippen LogP contribution in [0.1, 0.15) is 35.8 Å². The lowest BCUT2D eigenvalue weighted by Gasteiger charge is -2.24. The van der Waals surface area contributed by atoms with Crippen LogP contribution in [0.5, 0.6) is 34.5 Å². The zero-order valence-corrected chi connectivity index (χ0v) is 18.5. The van der Waals surface area contributed by atoms with E-state index in [0.29, 0.717) is 34.5 Å². The van der Waals surface area contributed by atoms with E-state index in [-0.39, 0.29) is 17.9 Å². The van der Waals surface area contributed by atoms with Crippen molar-refractivity contribution in [1.82, 2.24) is 0 Å². The lowest BCUT2D eigenvalue weighted by Crippen LogP contribution is -2.29. The van der Waals surface area contributed by atoms with Crippen molar-refractivity contribution in [2.24, 2.45) is 5.73 Å². The molecule has 1 fully saturated rings. The Morgan fingerprint density at radius 1 is 0.567 bits per heavy atom. The molecule has 3 rings (SSSR count). The van der Waals surface area contributed by atoms with E-state index in [2.05, 4.69) is 0 Å². The van der Waals surface area contributed by atoms with Gasteiger partial charge in [-0.05, 0) is 60.1 Å². The number of nitrogens with two attached hydrogens (primary N) is 1. The summed E-state index contributed by atoms with van der Waals surface area (Å²) in [5.74, 6) is 4.01. The van der Waals surface area contributed by atoms with E-state index in [4.69, 9.17) is 34.2 Å². The molecular weight excluding hydrogens is 386 g/mol. The van der Waals surface area contributed by atoms with Crippen molar-refractivity contribution < 1.29 is 28.4 Å². The molecule has 0 saturated heterocycles. The molecule has 2 aromatic carbocycles. The van der Waals surface area contributed by atoms with Crippen molar-refractivity contribution in [2.75, 3.05) is 42.7 Å². The molecule has 2 N–H and O–H groups in total. The van der Waals surface area contributed by atoms with Crippen molar-refractivity contribution >= 4 is 0 Å². The van der Waals surface area contributed by atoms with Gasteiger partial charge in [0.2, 0.25) is 11.5 Å². The van der Waals surface area contributed by atoms with E-state index in [1.807, 2.05) is 24.3 Å². The first-order valence-corrected chi connectivity index (χ1v) is 9.88. The fourth-order valence-corrected chi connectivity index (χ4v) is 4.43. The maximum Gasteiger partial charge on any atom is 0.203 e. The first kappa shape index (κ1) is 21.9. The van der Waals surface area contributed by atoms with Gasteiger partial charge in [-0.3, -0.25) is 0 Å². The lowest BCUT2D eigenvalue weighted by molar-refractivity contribution is 0.322. The lowest BCUT2D eigenvalue weighted by atomic mass is 9.88. The normalized spacial score (nSPS) is 20.6. The second-order valence-electron chi connectivity index (χ2n) is 7.29. The maximum atomic E-state index is 6.77. The van der Waals surface area contributed by atoms with Gasteiger partial charge in [0.15, 0.2) is 23.0 Å². The molecule has 0 aliphatic heterocycles. The summed E-state index contributed by atoms with van der Waals surface area (Å²) < 4.78 is 33.0. The van der Waals surface area contributed by atoms with Crippen LogP contribution in [0.15, 0.2) is 24.3 Å². The van der Waals surface area contributed by atoms with Crippen LogP contribution in [0.25, 0.3) is 0 Å². The monoisotopic (exact) mass is 417 g/mol. The molecule has 1 aliphatic carbocycles. The van der Waals surface area contributed by atoms with Gasteiger partial charge in [0, 0.05) is 6.04 Å². The van der Waals surface area contributed by atoms with Crippen LogP contribution in [0.4, 0.5) is 0 Å². The van der Waals surface area contributed by atoms with Crippen LogP contribution in [-0.4, -0.2) is 48.7 Å². The van der Waals surface area contributed by atoms with E-state index >= 15 is 0 Å². The molecule has 0 amide bonds. The van der Waals surface area contributed by atoms with Gasteiger partial charge in [-0.1, -0.05) is 0 Å². The molecule has 30 heavy (non-hydrogen) atoms. The van der Waals surface area contributed by atoms with Crippen molar-refractivity contribution in [1.29, 1.82) is 0 Å². The fraction of sp³-hybridized carbons (Fsp3) is 0.478. The molecule has 0 radical (unpaired) electrons. The van der Waals surface area contributed by atoms with Crippen molar-refractivity contribution in [2.45, 2.75) is 30.7 Å². The van der Waals surface area contributed by atoms with E-state index in [0.717, 1.165) is 24.0 Å². The van der Waals surface area contributed by atoms with Crippen molar-refractivity contribution in [3.63, 3.8) is 0 Å². The van der Waals surface area contributed by atoms with Crippen LogP contribution in [0.2, 0.25) is 0 Å². The molecule has 2 aromatic rings. The van der Waals surface area contributed by atoms with E-state index in [1.165, 1.54) is 0 Å². The minimum absolute atomic E-state index is 0.0874. The van der Waals surface area contributed by atoms with Gasteiger partial charge in [-0.2, -0.15) is 0 Å². The third-order valence-electron chi connectivity index (χ3n) is 5.95. The number of ether oxygens (including phenoxy) is 6. The van der Waals surface area contributed by atoms with Gasteiger partial charge in [-0.25, -0.2) is 0 Å². The summed E-state index contributed by atoms with van der Waals surface area (Å²) in [7, 11) is 9.68. The molecule has 164 valence electrons. The molecule has 2 unspecified atom stereocenters. The van der Waals surface area contributed by atoms with E-state index in [1.54, 1.807) is 42.7 Å². The predicted molar refractivity (Wildman–Crippen MR) is 115 cm³/mol. The summed E-state index contributed by atoms with van der Waals surface area (Å²) in [4.78, 5) is 0. The third-order valence-corrected chi connectivity index (χ3v) is 5.95. The molecule has 0 heterocycles. The average molecular weight is 418 g/mol. The average Bonchev–Trinajstić information content (AvgIpc) is 3.17. The maximum absolute atomic E-state index is 6.77. The third kappa shape index (κ3) is 3.81. The first-order valence-electron chi connectivity index (χ1n) is 9.88. The van der Waals surface area contributed by atoms with Crippen LogP contribution in [-0.2, 0) is 0 Å². The van der Waals surface area contributed by atoms with Gasteiger partial charge in [-0.15, -0.1) is 0 Å². The summed E-state index contributed by atoms with van der Waals surface area (Å²) in [6, 6.07) is 7.87. The van der Waals surface area contributed by atoms with Gasteiger partial charge >= 0.3 is 0 Å². The summed E-state index contributed by atoms with van der Waals surface area (Å²) >= 11 is 0. The van der Waals surface area contributed by atoms with E-state index in [9.17, 15) is 0 Å². The highest BCUT2D eigenvalue weighted by atomic mass is 16.5. The molecule has 7 nitrogen and oxygen atoms in total. The Balaban J connectivity index is 1.96. The van der Waals surface area contributed by atoms with Gasteiger partial charge in [0.05, 0.1) is 42.7 Å². The molecule has 0 bridgehead atoms. The Morgan fingerprint density at radius 2 is 0.867 bits per heavy atom. The number of methoxy groups -OCH3 is 6. The van der Waals surface area contributed by atoms with Crippen LogP contribution < -0.4 is 34.2 Å².